The summed E-state index contributed by atoms with van der Waals surface area (Å²) in [6.45, 7) is 4.71. The van der Waals surface area contributed by atoms with E-state index < -0.39 is 24.2 Å². The van der Waals surface area contributed by atoms with E-state index in [1.54, 1.807) is 0 Å². The fourth-order valence-corrected chi connectivity index (χ4v) is 3.81. The number of benzene rings is 2. The Morgan fingerprint density at radius 3 is 2.28 bits per heavy atom. The van der Waals surface area contributed by atoms with Crippen molar-refractivity contribution in [3.63, 3.8) is 0 Å². The van der Waals surface area contributed by atoms with E-state index in [0.717, 1.165) is 11.1 Å². The van der Waals surface area contributed by atoms with Gasteiger partial charge in [-0.1, -0.05) is 60.7 Å². The monoisotopic (exact) mass is 394 g/mol. The van der Waals surface area contributed by atoms with Crippen LogP contribution in [0.2, 0.25) is 0 Å². The lowest BCUT2D eigenvalue weighted by Crippen LogP contribution is -2.45. The molecule has 0 spiro atoms. The normalized spacial score (nSPS) is 28.6. The molecule has 6 heteroatoms. The van der Waals surface area contributed by atoms with E-state index >= 15 is 0 Å². The summed E-state index contributed by atoms with van der Waals surface area (Å²) < 4.78 is 24.3. The van der Waals surface area contributed by atoms with Gasteiger partial charge < -0.3 is 18.9 Å². The van der Waals surface area contributed by atoms with Crippen LogP contribution in [0.3, 0.4) is 0 Å². The van der Waals surface area contributed by atoms with Crippen LogP contribution in [0, 0.1) is 11.3 Å². The van der Waals surface area contributed by atoms with Gasteiger partial charge in [-0.3, -0.25) is 5.32 Å². The molecule has 2 aliphatic rings. The molecule has 2 fully saturated rings. The number of ether oxygens (including phenoxy) is 4. The van der Waals surface area contributed by atoms with Gasteiger partial charge in [-0.15, -0.1) is 0 Å². The Kier molecular flexibility index (Phi) is 5.95. The lowest BCUT2D eigenvalue weighted by atomic mass is 10.0. The van der Waals surface area contributed by atoms with E-state index in [1.165, 1.54) is 0 Å². The first-order valence-corrected chi connectivity index (χ1v) is 9.89. The number of rotatable bonds is 7. The summed E-state index contributed by atoms with van der Waals surface area (Å²) in [4.78, 5) is 0. The van der Waals surface area contributed by atoms with Crippen LogP contribution in [0.4, 0.5) is 0 Å². The van der Waals surface area contributed by atoms with Crippen molar-refractivity contribution in [1.29, 1.82) is 5.26 Å². The van der Waals surface area contributed by atoms with Crippen molar-refractivity contribution in [1.82, 2.24) is 5.32 Å². The van der Waals surface area contributed by atoms with E-state index in [0.29, 0.717) is 13.2 Å². The largest absolute Gasteiger partial charge is 0.345 e. The average molecular weight is 394 g/mol. The molecular formula is C23H26N2O4. The van der Waals surface area contributed by atoms with Crippen molar-refractivity contribution in [2.24, 2.45) is 0 Å². The van der Waals surface area contributed by atoms with Crippen molar-refractivity contribution in [2.45, 2.75) is 63.4 Å². The van der Waals surface area contributed by atoms with Crippen LogP contribution in [0.1, 0.15) is 25.0 Å². The van der Waals surface area contributed by atoms with Gasteiger partial charge in [-0.25, -0.2) is 0 Å². The van der Waals surface area contributed by atoms with E-state index in [-0.39, 0.29) is 12.2 Å². The highest BCUT2D eigenvalue weighted by atomic mass is 16.8. The molecule has 4 rings (SSSR count). The highest BCUT2D eigenvalue weighted by Gasteiger charge is 2.57. The van der Waals surface area contributed by atoms with Crippen LogP contribution in [0.25, 0.3) is 0 Å². The van der Waals surface area contributed by atoms with Crippen molar-refractivity contribution in [3.8, 4) is 6.07 Å². The van der Waals surface area contributed by atoms with Gasteiger partial charge in [0.15, 0.2) is 12.1 Å². The topological polar surface area (TPSA) is 72.7 Å². The Bertz CT molecular complexity index is 837. The molecule has 0 amide bonds. The van der Waals surface area contributed by atoms with E-state index in [9.17, 15) is 5.26 Å². The van der Waals surface area contributed by atoms with Crippen LogP contribution in [-0.2, 0) is 32.1 Å². The Morgan fingerprint density at radius 2 is 1.62 bits per heavy atom. The number of fused-ring (bicyclic) bond motifs is 1. The molecule has 0 bridgehead atoms. The molecule has 0 radical (unpaired) electrons. The summed E-state index contributed by atoms with van der Waals surface area (Å²) in [5, 5.41) is 13.1. The molecule has 2 aromatic rings. The van der Waals surface area contributed by atoms with E-state index in [4.69, 9.17) is 18.9 Å². The van der Waals surface area contributed by atoms with Crippen LogP contribution >= 0.6 is 0 Å². The second-order valence-corrected chi connectivity index (χ2v) is 7.80. The molecule has 2 heterocycles. The average Bonchev–Trinajstić information content (AvgIpc) is 3.22. The predicted molar refractivity (Wildman–Crippen MR) is 106 cm³/mol. The molecule has 2 saturated heterocycles. The van der Waals surface area contributed by atoms with Crippen molar-refractivity contribution < 1.29 is 18.9 Å². The fraction of sp³-hybridized carbons (Fsp3) is 0.435. The highest BCUT2D eigenvalue weighted by molar-refractivity contribution is 5.16. The number of nitrogens with zero attached hydrogens (tertiary/aromatic N) is 1. The standard InChI is InChI=1S/C23H26N2O4/c1-23(2)28-20-19(18(13-24)25-14-16-9-5-3-6-10-16)27-22(21(20)29-23)26-15-17-11-7-4-8-12-17/h3-12,18-22,25H,14-15H2,1-2H3/t18-,19+,20-,21-,22-/m0/s1. The third-order valence-corrected chi connectivity index (χ3v) is 5.14. The lowest BCUT2D eigenvalue weighted by molar-refractivity contribution is -0.237. The Morgan fingerprint density at radius 1 is 1.00 bits per heavy atom. The van der Waals surface area contributed by atoms with Gasteiger partial charge >= 0.3 is 0 Å². The van der Waals surface area contributed by atoms with Crippen molar-refractivity contribution >= 4 is 0 Å². The molecule has 5 atom stereocenters. The quantitative estimate of drug-likeness (QED) is 0.778. The minimum atomic E-state index is -0.745. The predicted octanol–water partition coefficient (Wildman–Crippen LogP) is 3.13. The second-order valence-electron chi connectivity index (χ2n) is 7.80. The highest BCUT2D eigenvalue weighted by Crippen LogP contribution is 2.40. The summed E-state index contributed by atoms with van der Waals surface area (Å²) in [5.74, 6) is -0.745. The maximum Gasteiger partial charge on any atom is 0.187 e. The van der Waals surface area contributed by atoms with Gasteiger partial charge in [-0.2, -0.15) is 5.26 Å². The number of hydrogen-bond acceptors (Lipinski definition) is 6. The minimum absolute atomic E-state index is 0.376. The maximum atomic E-state index is 9.78. The van der Waals surface area contributed by atoms with Gasteiger partial charge in [0.05, 0.1) is 12.7 Å². The van der Waals surface area contributed by atoms with E-state index in [1.807, 2.05) is 74.5 Å². The third-order valence-electron chi connectivity index (χ3n) is 5.14. The molecule has 0 unspecified atom stereocenters. The number of nitriles is 1. The molecule has 6 nitrogen and oxygen atoms in total. The first kappa shape index (κ1) is 20.0. The van der Waals surface area contributed by atoms with Gasteiger partial charge in [0.2, 0.25) is 0 Å². The third kappa shape index (κ3) is 4.67. The van der Waals surface area contributed by atoms with Crippen LogP contribution in [0.5, 0.6) is 0 Å². The summed E-state index contributed by atoms with van der Waals surface area (Å²) in [5.41, 5.74) is 2.15. The van der Waals surface area contributed by atoms with Crippen LogP contribution in [0.15, 0.2) is 60.7 Å². The van der Waals surface area contributed by atoms with Gasteiger partial charge in [0.25, 0.3) is 0 Å². The Labute approximate surface area is 171 Å². The summed E-state index contributed by atoms with van der Waals surface area (Å²) in [6.07, 6.45) is -1.84. The molecule has 2 aromatic carbocycles. The summed E-state index contributed by atoms with van der Waals surface area (Å²) in [6, 6.07) is 21.6. The second kappa shape index (κ2) is 8.62. The SMILES string of the molecule is CC1(C)O[C@@H]2[C@H](O1)[C@@H](OCc1ccccc1)O[C@@H]2[C@H](C#N)NCc1ccccc1. The zero-order valence-corrected chi connectivity index (χ0v) is 16.7. The molecule has 2 aliphatic heterocycles. The fourth-order valence-electron chi connectivity index (χ4n) is 3.81. The first-order valence-electron chi connectivity index (χ1n) is 9.89. The summed E-state index contributed by atoms with van der Waals surface area (Å²) in [7, 11) is 0. The summed E-state index contributed by atoms with van der Waals surface area (Å²) >= 11 is 0. The van der Waals surface area contributed by atoms with Gasteiger partial charge in [0.1, 0.15) is 24.4 Å². The Hall–Kier alpha value is -2.27. The zero-order valence-electron chi connectivity index (χ0n) is 16.7. The number of nitrogens with one attached hydrogen (secondary N) is 1. The maximum absolute atomic E-state index is 9.78. The van der Waals surface area contributed by atoms with Crippen LogP contribution < -0.4 is 5.32 Å². The van der Waals surface area contributed by atoms with Crippen molar-refractivity contribution in [3.05, 3.63) is 71.8 Å². The first-order chi connectivity index (χ1) is 14.1. The lowest BCUT2D eigenvalue weighted by Gasteiger charge is -2.26. The zero-order chi connectivity index (χ0) is 20.3. The molecule has 1 N–H and O–H groups in total. The molecular weight excluding hydrogens is 368 g/mol. The van der Waals surface area contributed by atoms with Gasteiger partial charge in [-0.05, 0) is 25.0 Å². The molecule has 0 aliphatic carbocycles. The molecule has 0 saturated carbocycles. The van der Waals surface area contributed by atoms with Gasteiger partial charge in [0, 0.05) is 6.54 Å². The van der Waals surface area contributed by atoms with Crippen LogP contribution in [-0.4, -0.2) is 36.4 Å². The smallest absolute Gasteiger partial charge is 0.187 e. The minimum Gasteiger partial charge on any atom is -0.345 e. The van der Waals surface area contributed by atoms with Crippen molar-refractivity contribution in [2.75, 3.05) is 0 Å². The Balaban J connectivity index is 1.45. The number of hydrogen-bond donors (Lipinski definition) is 1. The molecule has 0 aromatic heterocycles. The molecule has 29 heavy (non-hydrogen) atoms. The molecule has 152 valence electrons. The van der Waals surface area contributed by atoms with E-state index in [2.05, 4.69) is 11.4 Å².